The normalized spacial score (nSPS) is 10.4. The van der Waals surface area contributed by atoms with E-state index in [1.165, 1.54) is 6.26 Å². The lowest BCUT2D eigenvalue weighted by atomic mass is 10.0. The second kappa shape index (κ2) is 6.26. The van der Waals surface area contributed by atoms with Crippen molar-refractivity contribution in [3.8, 4) is 0 Å². The zero-order valence-corrected chi connectivity index (χ0v) is 12.0. The Labute approximate surface area is 122 Å². The van der Waals surface area contributed by atoms with Crippen LogP contribution in [0.2, 0.25) is 0 Å². The van der Waals surface area contributed by atoms with E-state index < -0.39 is 5.97 Å². The van der Waals surface area contributed by atoms with Crippen LogP contribution in [0.5, 0.6) is 0 Å². The number of likely N-dealkylation sites (N-methyl/N-ethyl adjacent to an activating group) is 1. The summed E-state index contributed by atoms with van der Waals surface area (Å²) in [6, 6.07) is 8.46. The van der Waals surface area contributed by atoms with E-state index >= 15 is 0 Å². The fourth-order valence-corrected chi connectivity index (χ4v) is 2.15. The maximum absolute atomic E-state index is 12.2. The molecule has 1 heterocycles. The lowest BCUT2D eigenvalue weighted by Gasteiger charge is -2.17. The minimum Gasteiger partial charge on any atom is -0.478 e. The number of nitrogens with zero attached hydrogens (tertiary/aromatic N) is 1. The van der Waals surface area contributed by atoms with Crippen molar-refractivity contribution in [2.45, 2.75) is 13.3 Å². The highest BCUT2D eigenvalue weighted by atomic mass is 16.4. The van der Waals surface area contributed by atoms with Gasteiger partial charge in [-0.3, -0.25) is 4.79 Å². The molecule has 0 aliphatic carbocycles. The average molecular weight is 287 g/mol. The van der Waals surface area contributed by atoms with E-state index in [4.69, 9.17) is 9.52 Å². The van der Waals surface area contributed by atoms with Crippen molar-refractivity contribution in [2.24, 2.45) is 0 Å². The number of carboxylic acid groups (broad SMARTS) is 1. The summed E-state index contributed by atoms with van der Waals surface area (Å²) < 4.78 is 5.12. The summed E-state index contributed by atoms with van der Waals surface area (Å²) >= 11 is 0. The van der Waals surface area contributed by atoms with Gasteiger partial charge in [-0.25, -0.2) is 4.79 Å². The van der Waals surface area contributed by atoms with Crippen molar-refractivity contribution in [3.05, 3.63) is 59.0 Å². The standard InChI is InChI=1S/C16H17NO4/c1-11-13(8-10-21-11)15(18)17(2)9-7-12-5-3-4-6-14(12)16(19)20/h3-6,8,10H,7,9H2,1-2H3,(H,19,20). The van der Waals surface area contributed by atoms with Crippen LogP contribution in [0.4, 0.5) is 0 Å². The molecule has 0 spiro atoms. The summed E-state index contributed by atoms with van der Waals surface area (Å²) in [6.07, 6.45) is 1.97. The molecule has 0 unspecified atom stereocenters. The van der Waals surface area contributed by atoms with Crippen LogP contribution in [0.15, 0.2) is 41.0 Å². The van der Waals surface area contributed by atoms with Gasteiger partial charge in [0, 0.05) is 13.6 Å². The van der Waals surface area contributed by atoms with Crippen LogP contribution in [-0.4, -0.2) is 35.5 Å². The molecule has 0 atom stereocenters. The summed E-state index contributed by atoms with van der Waals surface area (Å²) in [7, 11) is 1.69. The van der Waals surface area contributed by atoms with Gasteiger partial charge in [-0.2, -0.15) is 0 Å². The summed E-state index contributed by atoms with van der Waals surface area (Å²) in [6.45, 7) is 2.18. The number of hydrogen-bond acceptors (Lipinski definition) is 3. The lowest BCUT2D eigenvalue weighted by molar-refractivity contribution is 0.0695. The molecule has 1 N–H and O–H groups in total. The Morgan fingerprint density at radius 2 is 1.90 bits per heavy atom. The average Bonchev–Trinajstić information content (AvgIpc) is 2.90. The summed E-state index contributed by atoms with van der Waals surface area (Å²) in [5.74, 6) is -0.503. The highest BCUT2D eigenvalue weighted by Gasteiger charge is 2.17. The fraction of sp³-hybridized carbons (Fsp3) is 0.250. The molecule has 1 amide bonds. The van der Waals surface area contributed by atoms with Crippen LogP contribution in [-0.2, 0) is 6.42 Å². The first-order chi connectivity index (χ1) is 10.0. The largest absolute Gasteiger partial charge is 0.478 e. The van der Waals surface area contributed by atoms with E-state index in [2.05, 4.69) is 0 Å². The molecular formula is C16H17NO4. The van der Waals surface area contributed by atoms with E-state index in [0.717, 1.165) is 0 Å². The Morgan fingerprint density at radius 1 is 1.19 bits per heavy atom. The maximum atomic E-state index is 12.2. The molecule has 0 aliphatic heterocycles. The third-order valence-corrected chi connectivity index (χ3v) is 3.40. The van der Waals surface area contributed by atoms with Gasteiger partial charge in [0.25, 0.3) is 5.91 Å². The van der Waals surface area contributed by atoms with Gasteiger partial charge in [0.2, 0.25) is 0 Å². The molecule has 0 radical (unpaired) electrons. The van der Waals surface area contributed by atoms with Crippen molar-refractivity contribution in [1.29, 1.82) is 0 Å². The van der Waals surface area contributed by atoms with Gasteiger partial charge in [0.05, 0.1) is 17.4 Å². The smallest absolute Gasteiger partial charge is 0.335 e. The molecule has 2 rings (SSSR count). The van der Waals surface area contributed by atoms with Gasteiger partial charge in [0.1, 0.15) is 5.76 Å². The van der Waals surface area contributed by atoms with E-state index in [9.17, 15) is 9.59 Å². The molecule has 21 heavy (non-hydrogen) atoms. The topological polar surface area (TPSA) is 70.8 Å². The van der Waals surface area contributed by atoms with Crippen LogP contribution < -0.4 is 0 Å². The van der Waals surface area contributed by atoms with E-state index in [1.807, 2.05) is 0 Å². The number of aryl methyl sites for hydroxylation is 1. The Hall–Kier alpha value is -2.56. The SMILES string of the molecule is Cc1occc1C(=O)N(C)CCc1ccccc1C(=O)O. The first-order valence-electron chi connectivity index (χ1n) is 6.61. The number of hydrogen-bond donors (Lipinski definition) is 1. The monoisotopic (exact) mass is 287 g/mol. The summed E-state index contributed by atoms with van der Waals surface area (Å²) in [4.78, 5) is 24.9. The van der Waals surface area contributed by atoms with E-state index in [0.29, 0.717) is 29.9 Å². The van der Waals surface area contributed by atoms with Crippen molar-refractivity contribution < 1.29 is 19.1 Å². The Bertz CT molecular complexity index is 660. The Morgan fingerprint density at radius 3 is 2.52 bits per heavy atom. The zero-order valence-electron chi connectivity index (χ0n) is 12.0. The molecule has 0 aliphatic rings. The molecule has 2 aromatic rings. The molecule has 5 nitrogen and oxygen atoms in total. The quantitative estimate of drug-likeness (QED) is 0.917. The third kappa shape index (κ3) is 3.31. The van der Waals surface area contributed by atoms with E-state index in [-0.39, 0.29) is 11.5 Å². The summed E-state index contributed by atoms with van der Waals surface area (Å²) in [5, 5.41) is 9.13. The minimum atomic E-state index is -0.953. The number of carbonyl (C=O) groups is 2. The zero-order chi connectivity index (χ0) is 15.4. The lowest BCUT2D eigenvalue weighted by Crippen LogP contribution is -2.29. The Balaban J connectivity index is 2.05. The number of carboxylic acids is 1. The molecule has 110 valence electrons. The highest BCUT2D eigenvalue weighted by Crippen LogP contribution is 2.13. The highest BCUT2D eigenvalue weighted by molar-refractivity contribution is 5.95. The van der Waals surface area contributed by atoms with Crippen LogP contribution >= 0.6 is 0 Å². The number of carbonyl (C=O) groups excluding carboxylic acids is 1. The second-order valence-electron chi connectivity index (χ2n) is 4.83. The molecule has 0 saturated heterocycles. The van der Waals surface area contributed by atoms with E-state index in [1.54, 1.807) is 49.2 Å². The molecule has 0 fully saturated rings. The molecule has 0 saturated carbocycles. The number of amides is 1. The van der Waals surface area contributed by atoms with Crippen LogP contribution in [0, 0.1) is 6.92 Å². The van der Waals surface area contributed by atoms with Crippen LogP contribution in [0.25, 0.3) is 0 Å². The van der Waals surface area contributed by atoms with Crippen molar-refractivity contribution in [3.63, 3.8) is 0 Å². The number of furan rings is 1. The first kappa shape index (κ1) is 14.8. The molecular weight excluding hydrogens is 270 g/mol. The van der Waals surface area contributed by atoms with Gasteiger partial charge in [-0.1, -0.05) is 18.2 Å². The summed E-state index contributed by atoms with van der Waals surface area (Å²) in [5.41, 5.74) is 1.52. The number of aromatic carboxylic acids is 1. The van der Waals surface area contributed by atoms with Gasteiger partial charge in [-0.15, -0.1) is 0 Å². The van der Waals surface area contributed by atoms with Crippen molar-refractivity contribution in [1.82, 2.24) is 4.90 Å². The first-order valence-corrected chi connectivity index (χ1v) is 6.61. The molecule has 0 bridgehead atoms. The minimum absolute atomic E-state index is 0.131. The number of benzene rings is 1. The second-order valence-corrected chi connectivity index (χ2v) is 4.83. The number of rotatable bonds is 5. The molecule has 1 aromatic carbocycles. The van der Waals surface area contributed by atoms with Gasteiger partial charge < -0.3 is 14.4 Å². The van der Waals surface area contributed by atoms with Crippen molar-refractivity contribution in [2.75, 3.05) is 13.6 Å². The van der Waals surface area contributed by atoms with Gasteiger partial charge in [0.15, 0.2) is 0 Å². The fourth-order valence-electron chi connectivity index (χ4n) is 2.15. The third-order valence-electron chi connectivity index (χ3n) is 3.40. The van der Waals surface area contributed by atoms with Gasteiger partial charge in [-0.05, 0) is 31.0 Å². The van der Waals surface area contributed by atoms with Crippen LogP contribution in [0.3, 0.4) is 0 Å². The predicted octanol–water partition coefficient (Wildman–Crippen LogP) is 2.60. The predicted molar refractivity (Wildman–Crippen MR) is 77.5 cm³/mol. The van der Waals surface area contributed by atoms with Gasteiger partial charge >= 0.3 is 5.97 Å². The molecule has 5 heteroatoms. The Kier molecular flexibility index (Phi) is 4.42. The molecule has 1 aromatic heterocycles. The maximum Gasteiger partial charge on any atom is 0.335 e. The van der Waals surface area contributed by atoms with Crippen molar-refractivity contribution >= 4 is 11.9 Å². The van der Waals surface area contributed by atoms with Crippen LogP contribution in [0.1, 0.15) is 32.0 Å².